The second-order valence-electron chi connectivity index (χ2n) is 8.96. The van der Waals surface area contributed by atoms with Crippen LogP contribution in [0.1, 0.15) is 28.2 Å². The van der Waals surface area contributed by atoms with Crippen molar-refractivity contribution >= 4 is 22.5 Å². The number of nitrogens with one attached hydrogen (secondary N) is 3. The molecule has 3 atom stereocenters. The molecule has 2 bridgehead atoms. The third-order valence-corrected chi connectivity index (χ3v) is 6.57. The number of fused-ring (bicyclic) bond motifs is 4. The number of hydrogen-bond donors (Lipinski definition) is 3. The Morgan fingerprint density at radius 1 is 1.15 bits per heavy atom. The summed E-state index contributed by atoms with van der Waals surface area (Å²) in [6, 6.07) is 14.7. The van der Waals surface area contributed by atoms with Crippen LogP contribution in [0.4, 0.5) is 0 Å². The van der Waals surface area contributed by atoms with Gasteiger partial charge in [-0.05, 0) is 41.6 Å². The van der Waals surface area contributed by atoms with Crippen LogP contribution in [0.25, 0.3) is 16.6 Å². The largest absolute Gasteiger partial charge is 0.367 e. The van der Waals surface area contributed by atoms with Crippen LogP contribution in [0.5, 0.6) is 0 Å². The van der Waals surface area contributed by atoms with Crippen LogP contribution in [-0.4, -0.2) is 39.0 Å². The molecule has 2 aliphatic heterocycles. The van der Waals surface area contributed by atoms with Crippen molar-refractivity contribution < 1.29 is 9.53 Å². The van der Waals surface area contributed by atoms with Crippen LogP contribution in [0.15, 0.2) is 71.7 Å². The van der Waals surface area contributed by atoms with Crippen LogP contribution >= 0.6 is 0 Å². The number of carbonyl (C=O) groups is 1. The van der Waals surface area contributed by atoms with E-state index < -0.39 is 0 Å². The minimum atomic E-state index is -0.376. The van der Waals surface area contributed by atoms with E-state index >= 15 is 0 Å². The van der Waals surface area contributed by atoms with Gasteiger partial charge in [0.2, 0.25) is 0 Å². The summed E-state index contributed by atoms with van der Waals surface area (Å²) in [5.41, 5.74) is 3.38. The van der Waals surface area contributed by atoms with Crippen molar-refractivity contribution in [2.75, 3.05) is 6.54 Å². The summed E-state index contributed by atoms with van der Waals surface area (Å²) in [5.74, 6) is 0.169. The van der Waals surface area contributed by atoms with Crippen LogP contribution in [0.2, 0.25) is 0 Å². The average Bonchev–Trinajstić information content (AvgIpc) is 3.58. The molecule has 172 valence electrons. The van der Waals surface area contributed by atoms with Crippen molar-refractivity contribution in [2.24, 2.45) is 5.92 Å². The highest BCUT2D eigenvalue weighted by Crippen LogP contribution is 2.33. The lowest BCUT2D eigenvalue weighted by Gasteiger charge is -2.15. The zero-order valence-corrected chi connectivity index (χ0v) is 18.5. The first-order valence-electron chi connectivity index (χ1n) is 11.5. The Labute approximate surface area is 195 Å². The number of rotatable bonds is 7. The smallest absolute Gasteiger partial charge is 0.270 e. The first-order valence-corrected chi connectivity index (χ1v) is 11.5. The summed E-state index contributed by atoms with van der Waals surface area (Å²) >= 11 is 0. The van der Waals surface area contributed by atoms with Crippen LogP contribution in [0.3, 0.4) is 0 Å². The maximum Gasteiger partial charge on any atom is 0.270 e. The molecule has 0 radical (unpaired) electrons. The second kappa shape index (κ2) is 8.55. The van der Waals surface area contributed by atoms with Crippen molar-refractivity contribution in [3.05, 3.63) is 94.2 Å². The van der Waals surface area contributed by atoms with E-state index in [1.807, 2.05) is 18.2 Å². The Kier molecular flexibility index (Phi) is 5.24. The Bertz CT molecular complexity index is 1470. The molecular weight excluding hydrogens is 430 g/mol. The Morgan fingerprint density at radius 2 is 2.09 bits per heavy atom. The van der Waals surface area contributed by atoms with Crippen molar-refractivity contribution in [1.82, 2.24) is 25.0 Å². The third-order valence-electron chi connectivity index (χ3n) is 6.57. The van der Waals surface area contributed by atoms with Gasteiger partial charge in [-0.15, -0.1) is 0 Å². The fourth-order valence-electron chi connectivity index (χ4n) is 4.84. The van der Waals surface area contributed by atoms with Gasteiger partial charge >= 0.3 is 0 Å². The number of ether oxygens (including phenoxy) is 1. The summed E-state index contributed by atoms with van der Waals surface area (Å²) in [6.07, 6.45) is 7.64. The molecule has 4 aromatic rings. The van der Waals surface area contributed by atoms with Crippen LogP contribution < -0.4 is 16.2 Å². The molecule has 3 aromatic heterocycles. The minimum absolute atomic E-state index is 0.113. The Balaban J connectivity index is 1.08. The van der Waals surface area contributed by atoms with Crippen molar-refractivity contribution in [3.63, 3.8) is 0 Å². The molecule has 6 rings (SSSR count). The fraction of sp³-hybridized carbons (Fsp3) is 0.269. The molecule has 1 amide bonds. The number of H-pyrrole nitrogens is 1. The van der Waals surface area contributed by atoms with E-state index in [9.17, 15) is 9.59 Å². The van der Waals surface area contributed by atoms with Gasteiger partial charge in [-0.2, -0.15) is 0 Å². The summed E-state index contributed by atoms with van der Waals surface area (Å²) in [5, 5.41) is 7.53. The van der Waals surface area contributed by atoms with Gasteiger partial charge in [0.25, 0.3) is 11.5 Å². The molecule has 8 nitrogen and oxygen atoms in total. The summed E-state index contributed by atoms with van der Waals surface area (Å²) in [7, 11) is 0. The molecule has 0 saturated carbocycles. The molecule has 1 aromatic carbocycles. The number of aromatic amines is 1. The lowest BCUT2D eigenvalue weighted by atomic mass is 9.94. The molecule has 34 heavy (non-hydrogen) atoms. The first-order chi connectivity index (χ1) is 16.6. The number of carbonyl (C=O) groups excluding carboxylic acids is 1. The lowest BCUT2D eigenvalue weighted by Crippen LogP contribution is -2.27. The molecule has 0 aliphatic carbocycles. The molecule has 0 unspecified atom stereocenters. The van der Waals surface area contributed by atoms with E-state index in [1.165, 1.54) is 10.5 Å². The molecule has 5 heterocycles. The minimum Gasteiger partial charge on any atom is -0.367 e. The lowest BCUT2D eigenvalue weighted by molar-refractivity contribution is 0.0946. The highest BCUT2D eigenvalue weighted by atomic mass is 16.5. The molecule has 1 fully saturated rings. The number of pyridine rings is 1. The average molecular weight is 456 g/mol. The second-order valence-corrected chi connectivity index (χ2v) is 8.96. The molecular formula is C26H25N5O3. The molecule has 3 N–H and O–H groups in total. The summed E-state index contributed by atoms with van der Waals surface area (Å²) in [6.45, 7) is 2.04. The van der Waals surface area contributed by atoms with Gasteiger partial charge in [-0.1, -0.05) is 30.4 Å². The molecule has 1 saturated heterocycles. The number of amides is 1. The maximum atomic E-state index is 12.6. The van der Waals surface area contributed by atoms with E-state index in [0.717, 1.165) is 41.7 Å². The van der Waals surface area contributed by atoms with Gasteiger partial charge in [-0.25, -0.2) is 4.98 Å². The van der Waals surface area contributed by atoms with Crippen molar-refractivity contribution in [2.45, 2.75) is 31.7 Å². The van der Waals surface area contributed by atoms with Crippen molar-refractivity contribution in [3.8, 4) is 0 Å². The van der Waals surface area contributed by atoms with E-state index in [-0.39, 0.29) is 23.3 Å². The van der Waals surface area contributed by atoms with Gasteiger partial charge in [0.1, 0.15) is 11.3 Å². The van der Waals surface area contributed by atoms with Gasteiger partial charge in [-0.3, -0.25) is 14.0 Å². The normalized spacial score (nSPS) is 21.0. The van der Waals surface area contributed by atoms with E-state index in [0.29, 0.717) is 24.2 Å². The Morgan fingerprint density at radius 3 is 2.94 bits per heavy atom. The van der Waals surface area contributed by atoms with Gasteiger partial charge in [0, 0.05) is 49.0 Å². The SMILES string of the molecule is O=C(NCc1ccc2cc(CNC[C@H]3C[C@H]4C=C[C@@H]3O4)[nH]c2c1)c1cc(=O)n2ccccc2n1. The zero-order valence-electron chi connectivity index (χ0n) is 18.5. The van der Waals surface area contributed by atoms with Crippen molar-refractivity contribution in [1.29, 1.82) is 0 Å². The monoisotopic (exact) mass is 455 g/mol. The first kappa shape index (κ1) is 20.8. The van der Waals surface area contributed by atoms with Gasteiger partial charge < -0.3 is 20.4 Å². The highest BCUT2D eigenvalue weighted by molar-refractivity contribution is 5.92. The maximum absolute atomic E-state index is 12.6. The molecule has 0 spiro atoms. The number of benzene rings is 1. The highest BCUT2D eigenvalue weighted by Gasteiger charge is 2.36. The zero-order chi connectivity index (χ0) is 23.1. The van der Waals surface area contributed by atoms with Gasteiger partial charge in [0.05, 0.1) is 12.2 Å². The Hall–Kier alpha value is -3.75. The quantitative estimate of drug-likeness (QED) is 0.372. The molecule has 8 heteroatoms. The fourth-order valence-corrected chi connectivity index (χ4v) is 4.84. The van der Waals surface area contributed by atoms with Crippen LogP contribution in [0, 0.1) is 5.92 Å². The van der Waals surface area contributed by atoms with Gasteiger partial charge in [0.15, 0.2) is 0 Å². The van der Waals surface area contributed by atoms with Crippen LogP contribution in [-0.2, 0) is 17.8 Å². The van der Waals surface area contributed by atoms with E-state index in [1.54, 1.807) is 24.4 Å². The number of aromatic nitrogens is 3. The van der Waals surface area contributed by atoms with E-state index in [4.69, 9.17) is 4.74 Å². The van der Waals surface area contributed by atoms with E-state index in [2.05, 4.69) is 38.8 Å². The predicted octanol–water partition coefficient (Wildman–Crippen LogP) is 2.54. The number of nitrogens with zero attached hydrogens (tertiary/aromatic N) is 2. The standard InChI is InChI=1S/C26H25N5O3/c32-25-12-22(30-24-3-1-2-8-31(24)25)26(33)28-13-16-4-5-17-10-19(29-21(17)9-16)15-27-14-18-11-20-6-7-23(18)34-20/h1-10,12,18,20,23,27,29H,11,13-15H2,(H,28,33)/t18-,20-,23+/m1/s1. The predicted molar refractivity (Wildman–Crippen MR) is 129 cm³/mol. The topological polar surface area (TPSA) is 101 Å². The summed E-state index contributed by atoms with van der Waals surface area (Å²) in [4.78, 5) is 32.6. The molecule has 2 aliphatic rings. The summed E-state index contributed by atoms with van der Waals surface area (Å²) < 4.78 is 7.24. The number of hydrogen-bond acceptors (Lipinski definition) is 5. The third kappa shape index (κ3) is 4.02.